The number of anilines is 1. The molecule has 0 atom stereocenters. The molecule has 1 N–H and O–H groups in total. The molecule has 0 aliphatic rings. The van der Waals surface area contributed by atoms with Gasteiger partial charge >= 0.3 is 0 Å². The van der Waals surface area contributed by atoms with Crippen molar-refractivity contribution in [1.82, 2.24) is 15.0 Å². The van der Waals surface area contributed by atoms with Gasteiger partial charge in [0.1, 0.15) is 11.6 Å². The topological polar surface area (TPSA) is 50.7 Å². The fourth-order valence-electron chi connectivity index (χ4n) is 2.84. The number of halogens is 2. The van der Waals surface area contributed by atoms with Gasteiger partial charge in [0.05, 0.1) is 5.52 Å². The van der Waals surface area contributed by atoms with Crippen molar-refractivity contribution < 1.29 is 4.39 Å². The number of hydrogen-bond donors (Lipinski definition) is 1. The van der Waals surface area contributed by atoms with Crippen molar-refractivity contribution in [3.8, 4) is 22.5 Å². The number of fused-ring (bicyclic) bond motifs is 1. The van der Waals surface area contributed by atoms with E-state index in [9.17, 15) is 4.39 Å². The van der Waals surface area contributed by atoms with Gasteiger partial charge in [0, 0.05) is 35.4 Å². The molecule has 0 aliphatic carbocycles. The Balaban J connectivity index is 1.91. The standard InChI is InChI=1S/C20H14ClFN4/c1-23-20-17-5-4-12(14-7-15(21)10-16(22)8-14)9-18(17)25-19(26-20)13-3-2-6-24-11-13/h2-11H,1H3,(H,23,25,26). The quantitative estimate of drug-likeness (QED) is 0.543. The highest BCUT2D eigenvalue weighted by atomic mass is 35.5. The van der Waals surface area contributed by atoms with Crippen LogP contribution in [0.2, 0.25) is 5.02 Å². The Kier molecular flexibility index (Phi) is 4.22. The molecule has 0 saturated carbocycles. The summed E-state index contributed by atoms with van der Waals surface area (Å²) < 4.78 is 13.7. The van der Waals surface area contributed by atoms with Crippen molar-refractivity contribution in [3.63, 3.8) is 0 Å². The third-order valence-electron chi connectivity index (χ3n) is 4.05. The van der Waals surface area contributed by atoms with Crippen molar-refractivity contribution in [2.45, 2.75) is 0 Å². The molecule has 4 aromatic rings. The van der Waals surface area contributed by atoms with Crippen molar-refractivity contribution in [2.24, 2.45) is 0 Å². The molecule has 26 heavy (non-hydrogen) atoms. The largest absolute Gasteiger partial charge is 0.373 e. The maximum Gasteiger partial charge on any atom is 0.163 e. The van der Waals surface area contributed by atoms with Crippen molar-refractivity contribution in [2.75, 3.05) is 12.4 Å². The van der Waals surface area contributed by atoms with Crippen molar-refractivity contribution in [3.05, 3.63) is 71.8 Å². The number of rotatable bonds is 3. The summed E-state index contributed by atoms with van der Waals surface area (Å²) in [6.07, 6.45) is 3.42. The van der Waals surface area contributed by atoms with E-state index < -0.39 is 0 Å². The smallest absolute Gasteiger partial charge is 0.163 e. The van der Waals surface area contributed by atoms with Crippen LogP contribution in [0.25, 0.3) is 33.4 Å². The van der Waals surface area contributed by atoms with E-state index in [1.54, 1.807) is 18.5 Å². The Morgan fingerprint density at radius 3 is 2.58 bits per heavy atom. The fourth-order valence-corrected chi connectivity index (χ4v) is 3.07. The van der Waals surface area contributed by atoms with Crippen molar-refractivity contribution >= 4 is 28.3 Å². The Bertz CT molecular complexity index is 1080. The number of nitrogens with zero attached hydrogens (tertiary/aromatic N) is 3. The second-order valence-corrected chi connectivity index (χ2v) is 6.21. The second kappa shape index (κ2) is 6.69. The van der Waals surface area contributed by atoms with Crippen LogP contribution in [-0.2, 0) is 0 Å². The molecular formula is C20H14ClFN4. The normalized spacial score (nSPS) is 10.9. The molecule has 2 aromatic carbocycles. The van der Waals surface area contributed by atoms with E-state index in [0.29, 0.717) is 16.4 Å². The molecule has 0 bridgehead atoms. The third kappa shape index (κ3) is 3.09. The first-order chi connectivity index (χ1) is 12.6. The van der Waals surface area contributed by atoms with E-state index in [0.717, 1.165) is 27.8 Å². The lowest BCUT2D eigenvalue weighted by atomic mass is 10.0. The predicted molar refractivity (Wildman–Crippen MR) is 103 cm³/mol. The lowest BCUT2D eigenvalue weighted by Crippen LogP contribution is -1.99. The number of nitrogens with one attached hydrogen (secondary N) is 1. The average Bonchev–Trinajstić information content (AvgIpc) is 2.66. The van der Waals surface area contributed by atoms with Gasteiger partial charge in [0.15, 0.2) is 5.82 Å². The molecule has 4 nitrogen and oxygen atoms in total. The fraction of sp³-hybridized carbons (Fsp3) is 0.0500. The molecule has 0 fully saturated rings. The molecule has 0 spiro atoms. The van der Waals surface area contributed by atoms with E-state index in [1.165, 1.54) is 12.1 Å². The summed E-state index contributed by atoms with van der Waals surface area (Å²) in [5, 5.41) is 4.34. The molecule has 0 unspecified atom stereocenters. The minimum Gasteiger partial charge on any atom is -0.373 e. The van der Waals surface area contributed by atoms with Crippen LogP contribution in [0.3, 0.4) is 0 Å². The van der Waals surface area contributed by atoms with Gasteiger partial charge in [-0.1, -0.05) is 17.7 Å². The summed E-state index contributed by atoms with van der Waals surface area (Å²) in [6, 6.07) is 13.9. The van der Waals surface area contributed by atoms with Crippen molar-refractivity contribution in [1.29, 1.82) is 0 Å². The summed E-state index contributed by atoms with van der Waals surface area (Å²) in [5.74, 6) is 0.921. The van der Waals surface area contributed by atoms with Gasteiger partial charge in [-0.2, -0.15) is 0 Å². The summed E-state index contributed by atoms with van der Waals surface area (Å²) in [6.45, 7) is 0. The number of pyridine rings is 1. The minimum absolute atomic E-state index is 0.356. The molecular weight excluding hydrogens is 351 g/mol. The molecule has 2 heterocycles. The highest BCUT2D eigenvalue weighted by Crippen LogP contribution is 2.30. The summed E-state index contributed by atoms with van der Waals surface area (Å²) in [4.78, 5) is 13.4. The molecule has 6 heteroatoms. The third-order valence-corrected chi connectivity index (χ3v) is 4.27. The van der Waals surface area contributed by atoms with E-state index in [1.807, 2.05) is 37.4 Å². The van der Waals surface area contributed by atoms with Crippen LogP contribution >= 0.6 is 11.6 Å². The highest BCUT2D eigenvalue weighted by Gasteiger charge is 2.11. The van der Waals surface area contributed by atoms with E-state index >= 15 is 0 Å². The zero-order valence-electron chi connectivity index (χ0n) is 13.9. The lowest BCUT2D eigenvalue weighted by molar-refractivity contribution is 0.628. The molecule has 128 valence electrons. The molecule has 0 aliphatic heterocycles. The van der Waals surface area contributed by atoms with Crippen LogP contribution < -0.4 is 5.32 Å². The lowest BCUT2D eigenvalue weighted by Gasteiger charge is -2.10. The van der Waals surface area contributed by atoms with Crippen LogP contribution in [0.1, 0.15) is 0 Å². The second-order valence-electron chi connectivity index (χ2n) is 5.78. The maximum atomic E-state index is 13.7. The van der Waals surface area contributed by atoms with E-state index in [-0.39, 0.29) is 5.82 Å². The zero-order valence-corrected chi connectivity index (χ0v) is 14.6. The Morgan fingerprint density at radius 1 is 0.962 bits per heavy atom. The van der Waals surface area contributed by atoms with Crippen LogP contribution in [-0.4, -0.2) is 22.0 Å². The Hall–Kier alpha value is -3.05. The van der Waals surface area contributed by atoms with Gasteiger partial charge < -0.3 is 5.32 Å². The van der Waals surface area contributed by atoms with Crippen LogP contribution in [0.15, 0.2) is 60.9 Å². The van der Waals surface area contributed by atoms with Gasteiger partial charge in [-0.05, 0) is 53.6 Å². The number of aromatic nitrogens is 3. The molecule has 0 radical (unpaired) electrons. The number of benzene rings is 2. The van der Waals surface area contributed by atoms with Gasteiger partial charge in [0.2, 0.25) is 0 Å². The highest BCUT2D eigenvalue weighted by molar-refractivity contribution is 6.30. The van der Waals surface area contributed by atoms with Gasteiger partial charge in [-0.15, -0.1) is 0 Å². The Labute approximate surface area is 154 Å². The first kappa shape index (κ1) is 16.4. The van der Waals surface area contributed by atoms with Gasteiger partial charge in [0.25, 0.3) is 0 Å². The average molecular weight is 365 g/mol. The van der Waals surface area contributed by atoms with Crippen LogP contribution in [0.4, 0.5) is 10.2 Å². The van der Waals surface area contributed by atoms with Crippen LogP contribution in [0, 0.1) is 5.82 Å². The molecule has 0 amide bonds. The molecule has 4 rings (SSSR count). The molecule has 0 saturated heterocycles. The number of hydrogen-bond acceptors (Lipinski definition) is 4. The predicted octanol–water partition coefficient (Wildman–Crippen LogP) is 5.19. The zero-order chi connectivity index (χ0) is 18.1. The van der Waals surface area contributed by atoms with E-state index in [4.69, 9.17) is 11.6 Å². The van der Waals surface area contributed by atoms with Gasteiger partial charge in [-0.25, -0.2) is 14.4 Å². The Morgan fingerprint density at radius 2 is 1.85 bits per heavy atom. The summed E-state index contributed by atoms with van der Waals surface area (Å²) in [7, 11) is 1.81. The maximum absolute atomic E-state index is 13.7. The minimum atomic E-state index is -0.373. The SMILES string of the molecule is CNc1nc(-c2cccnc2)nc2cc(-c3cc(F)cc(Cl)c3)ccc12. The summed E-state index contributed by atoms with van der Waals surface area (Å²) in [5.41, 5.74) is 3.10. The molecule has 2 aromatic heterocycles. The van der Waals surface area contributed by atoms with E-state index in [2.05, 4.69) is 20.3 Å². The van der Waals surface area contributed by atoms with Gasteiger partial charge in [-0.3, -0.25) is 4.98 Å². The summed E-state index contributed by atoms with van der Waals surface area (Å²) >= 11 is 5.99. The monoisotopic (exact) mass is 364 g/mol. The van der Waals surface area contributed by atoms with Crippen LogP contribution in [0.5, 0.6) is 0 Å². The first-order valence-corrected chi connectivity index (χ1v) is 8.38. The first-order valence-electron chi connectivity index (χ1n) is 8.00.